The number of benzene rings is 2. The number of fused-ring (bicyclic) bond motifs is 1. The Labute approximate surface area is 188 Å². The van der Waals surface area contributed by atoms with Gasteiger partial charge in [-0.05, 0) is 37.3 Å². The third-order valence-electron chi connectivity index (χ3n) is 4.79. The zero-order valence-corrected chi connectivity index (χ0v) is 18.5. The Morgan fingerprint density at radius 3 is 2.07 bits per heavy atom. The Balaban J connectivity index is 2.07. The molecular formula is C20H19Cl3N2O5. The van der Waals surface area contributed by atoms with Gasteiger partial charge in [-0.1, -0.05) is 23.2 Å². The van der Waals surface area contributed by atoms with Crippen LogP contribution in [0.25, 0.3) is 0 Å². The van der Waals surface area contributed by atoms with Crippen molar-refractivity contribution < 1.29 is 23.8 Å². The van der Waals surface area contributed by atoms with Crippen LogP contribution in [-0.2, 0) is 12.8 Å². The molecule has 1 aliphatic rings. The fraction of sp³-hybridized carbons (Fsp3) is 0.300. The molecule has 0 atom stereocenters. The first-order valence-corrected chi connectivity index (χ1v) is 10.1. The topological polar surface area (TPSA) is 91.1 Å². The summed E-state index contributed by atoms with van der Waals surface area (Å²) < 4.78 is 16.9. The van der Waals surface area contributed by atoms with E-state index in [9.17, 15) is 9.59 Å². The van der Waals surface area contributed by atoms with Gasteiger partial charge in [-0.25, -0.2) is 4.79 Å². The van der Waals surface area contributed by atoms with Gasteiger partial charge in [-0.2, -0.15) is 4.42 Å². The van der Waals surface area contributed by atoms with Gasteiger partial charge in [0.1, 0.15) is 28.6 Å². The zero-order valence-electron chi connectivity index (χ0n) is 16.3. The van der Waals surface area contributed by atoms with Crippen LogP contribution in [0.15, 0.2) is 18.2 Å². The van der Waals surface area contributed by atoms with Gasteiger partial charge in [0.05, 0.1) is 19.2 Å². The van der Waals surface area contributed by atoms with Gasteiger partial charge < -0.3 is 19.9 Å². The van der Waals surface area contributed by atoms with Crippen molar-refractivity contribution in [2.75, 3.05) is 14.2 Å². The van der Waals surface area contributed by atoms with Crippen LogP contribution >= 0.6 is 35.0 Å². The lowest BCUT2D eigenvalue weighted by Crippen LogP contribution is -2.33. The number of nitrogens with two attached hydrogens (primary N) is 1. The Morgan fingerprint density at radius 2 is 1.53 bits per heavy atom. The monoisotopic (exact) mass is 472 g/mol. The molecular weight excluding hydrogens is 455 g/mol. The van der Waals surface area contributed by atoms with Crippen LogP contribution in [0.2, 0.25) is 10.0 Å². The lowest BCUT2D eigenvalue weighted by atomic mass is 9.91. The lowest BCUT2D eigenvalue weighted by Gasteiger charge is -2.22. The van der Waals surface area contributed by atoms with E-state index in [-0.39, 0.29) is 21.5 Å². The summed E-state index contributed by atoms with van der Waals surface area (Å²) in [5, 5.41) is 0.992. The summed E-state index contributed by atoms with van der Waals surface area (Å²) in [6.07, 6.45) is 3.68. The molecule has 30 heavy (non-hydrogen) atoms. The molecule has 3 rings (SSSR count). The SMILES string of the molecule is COc1cc(Oc2c(Cl)cc(Cl)c3c2CCCC3)cc(OC)c1C(=O)N(Cl)C(N)=O. The van der Waals surface area contributed by atoms with Crippen LogP contribution in [-0.4, -0.2) is 30.6 Å². The summed E-state index contributed by atoms with van der Waals surface area (Å²) in [6.45, 7) is 0. The van der Waals surface area contributed by atoms with Crippen molar-refractivity contribution in [2.45, 2.75) is 25.7 Å². The van der Waals surface area contributed by atoms with E-state index in [4.69, 9.17) is 54.9 Å². The first-order valence-electron chi connectivity index (χ1n) is 9.01. The molecule has 3 amide bonds. The molecule has 0 saturated heterocycles. The van der Waals surface area contributed by atoms with Gasteiger partial charge in [0.2, 0.25) is 0 Å². The van der Waals surface area contributed by atoms with E-state index in [1.54, 1.807) is 6.07 Å². The minimum absolute atomic E-state index is 0.0784. The average molecular weight is 474 g/mol. The van der Waals surface area contributed by atoms with Crippen molar-refractivity contribution in [1.82, 2.24) is 4.42 Å². The van der Waals surface area contributed by atoms with Gasteiger partial charge in [-0.15, -0.1) is 0 Å². The molecule has 0 aromatic heterocycles. The van der Waals surface area contributed by atoms with Crippen LogP contribution in [0, 0.1) is 0 Å². The number of primary amides is 1. The van der Waals surface area contributed by atoms with Crippen molar-refractivity contribution in [2.24, 2.45) is 5.73 Å². The maximum absolute atomic E-state index is 12.6. The summed E-state index contributed by atoms with van der Waals surface area (Å²) in [4.78, 5) is 23.8. The van der Waals surface area contributed by atoms with Crippen molar-refractivity contribution in [3.8, 4) is 23.0 Å². The van der Waals surface area contributed by atoms with E-state index < -0.39 is 11.9 Å². The highest BCUT2D eigenvalue weighted by atomic mass is 35.5. The molecule has 0 fully saturated rings. The first kappa shape index (κ1) is 22.3. The van der Waals surface area contributed by atoms with Crippen LogP contribution in [0.1, 0.15) is 34.3 Å². The predicted molar refractivity (Wildman–Crippen MR) is 114 cm³/mol. The van der Waals surface area contributed by atoms with Crippen molar-refractivity contribution in [3.05, 3.63) is 44.9 Å². The molecule has 0 radical (unpaired) electrons. The van der Waals surface area contributed by atoms with Gasteiger partial charge in [-0.3, -0.25) is 4.79 Å². The van der Waals surface area contributed by atoms with Crippen molar-refractivity contribution >= 4 is 46.9 Å². The number of imide groups is 1. The van der Waals surface area contributed by atoms with Gasteiger partial charge in [0.25, 0.3) is 5.91 Å². The molecule has 7 nitrogen and oxygen atoms in total. The third kappa shape index (κ3) is 4.24. The van der Waals surface area contributed by atoms with E-state index in [0.29, 0.717) is 21.5 Å². The predicted octanol–water partition coefficient (Wildman–Crippen LogP) is 5.36. The molecule has 1 aliphatic carbocycles. The van der Waals surface area contributed by atoms with Crippen LogP contribution in [0.3, 0.4) is 0 Å². The van der Waals surface area contributed by atoms with E-state index in [1.807, 2.05) is 0 Å². The Bertz CT molecular complexity index is 987. The number of hydrogen-bond acceptors (Lipinski definition) is 5. The number of amides is 3. The summed E-state index contributed by atoms with van der Waals surface area (Å²) >= 11 is 18.5. The molecule has 0 spiro atoms. The van der Waals surface area contributed by atoms with E-state index in [2.05, 4.69) is 0 Å². The largest absolute Gasteiger partial charge is 0.496 e. The van der Waals surface area contributed by atoms with Crippen LogP contribution < -0.4 is 19.9 Å². The summed E-state index contributed by atoms with van der Waals surface area (Å²) in [5.74, 6) is 0.0826. The number of hydrogen-bond donors (Lipinski definition) is 1. The van der Waals surface area contributed by atoms with Crippen LogP contribution in [0.5, 0.6) is 23.0 Å². The molecule has 2 aromatic rings. The maximum atomic E-state index is 12.6. The van der Waals surface area contributed by atoms with Gasteiger partial charge in [0.15, 0.2) is 0 Å². The molecule has 10 heteroatoms. The minimum Gasteiger partial charge on any atom is -0.496 e. The number of nitrogens with zero attached hydrogens (tertiary/aromatic N) is 1. The summed E-state index contributed by atoms with van der Waals surface area (Å²) in [5.41, 5.74) is 6.98. The Kier molecular flexibility index (Phi) is 6.85. The molecule has 160 valence electrons. The fourth-order valence-corrected chi connectivity index (χ4v) is 4.13. The zero-order chi connectivity index (χ0) is 22.0. The highest BCUT2D eigenvalue weighted by Gasteiger charge is 2.28. The molecule has 0 bridgehead atoms. The Morgan fingerprint density at radius 1 is 0.967 bits per heavy atom. The Hall–Kier alpha value is -2.35. The molecule has 2 aromatic carbocycles. The quantitative estimate of drug-likeness (QED) is 0.591. The highest BCUT2D eigenvalue weighted by Crippen LogP contribution is 2.44. The van der Waals surface area contributed by atoms with Crippen molar-refractivity contribution in [1.29, 1.82) is 0 Å². The van der Waals surface area contributed by atoms with E-state index in [0.717, 1.165) is 36.8 Å². The number of carbonyl (C=O) groups excluding carboxylic acids is 2. The first-order chi connectivity index (χ1) is 14.3. The molecule has 0 heterocycles. The third-order valence-corrected chi connectivity index (χ3v) is 5.72. The van der Waals surface area contributed by atoms with E-state index >= 15 is 0 Å². The number of urea groups is 1. The molecule has 2 N–H and O–H groups in total. The highest BCUT2D eigenvalue weighted by molar-refractivity contribution is 6.36. The average Bonchev–Trinajstić information content (AvgIpc) is 2.74. The lowest BCUT2D eigenvalue weighted by molar-refractivity contribution is 0.0885. The second kappa shape index (κ2) is 9.20. The number of methoxy groups -OCH3 is 2. The summed E-state index contributed by atoms with van der Waals surface area (Å²) in [7, 11) is 2.71. The minimum atomic E-state index is -1.13. The number of ether oxygens (including phenoxy) is 3. The molecule has 0 unspecified atom stereocenters. The van der Waals surface area contributed by atoms with Gasteiger partial charge in [0, 0.05) is 34.5 Å². The van der Waals surface area contributed by atoms with Crippen LogP contribution in [0.4, 0.5) is 4.79 Å². The summed E-state index contributed by atoms with van der Waals surface area (Å²) in [6, 6.07) is 3.47. The number of carbonyl (C=O) groups is 2. The van der Waals surface area contributed by atoms with Gasteiger partial charge >= 0.3 is 6.03 Å². The smallest absolute Gasteiger partial charge is 0.336 e. The maximum Gasteiger partial charge on any atom is 0.336 e. The standard InChI is InChI=1S/C20H19Cl3N2O5/c1-28-15-7-10(8-16(29-2)17(15)19(26)25(23)20(24)27)30-18-12-6-4-3-5-11(12)13(21)9-14(18)22/h7-9H,3-6H2,1-2H3,(H2,24,27). The molecule has 0 saturated carbocycles. The second-order valence-electron chi connectivity index (χ2n) is 6.56. The fourth-order valence-electron chi connectivity index (χ4n) is 3.41. The normalized spacial score (nSPS) is 12.7. The number of halogens is 3. The second-order valence-corrected chi connectivity index (χ2v) is 7.72. The van der Waals surface area contributed by atoms with E-state index in [1.165, 1.54) is 26.4 Å². The van der Waals surface area contributed by atoms with Crippen molar-refractivity contribution in [3.63, 3.8) is 0 Å². The number of rotatable bonds is 5. The molecule has 0 aliphatic heterocycles.